The molecule has 1 N–H and O–H groups in total. The number of quaternary nitrogens is 1. The van der Waals surface area contributed by atoms with Gasteiger partial charge in [0, 0.05) is 13.0 Å². The van der Waals surface area contributed by atoms with Crippen molar-refractivity contribution >= 4 is 13.8 Å². The van der Waals surface area contributed by atoms with E-state index in [0.717, 1.165) is 51.4 Å². The van der Waals surface area contributed by atoms with E-state index in [1.54, 1.807) is 0 Å². The standard InChI is InChI=1S/C49H88NO7P/c1-6-8-10-12-14-16-18-20-22-24-25-27-29-31-33-35-37-39-41-44-54-46-48(47-56-58(52,53)55-45-43-50(3,4)5)57-49(51)42-40-38-36-34-32-30-28-26-23-21-19-17-15-13-11-9-7-2/h9,11,15,17,21-24,28,30,34,36,48H,6-8,10,12-14,16,18-20,25-27,29,31-33,35,37-47H2,1-5H3/p+1/b11-9-,17-15-,23-21-,24-22-,30-28-,36-34-. The summed E-state index contributed by atoms with van der Waals surface area (Å²) in [5, 5.41) is 0. The number of hydrogen-bond acceptors (Lipinski definition) is 6. The van der Waals surface area contributed by atoms with Gasteiger partial charge in [-0.25, -0.2) is 4.57 Å². The molecule has 0 bridgehead atoms. The van der Waals surface area contributed by atoms with Gasteiger partial charge in [0.1, 0.15) is 19.3 Å². The highest BCUT2D eigenvalue weighted by Crippen LogP contribution is 2.43. The van der Waals surface area contributed by atoms with Crippen molar-refractivity contribution < 1.29 is 37.3 Å². The van der Waals surface area contributed by atoms with Gasteiger partial charge in [0.25, 0.3) is 0 Å². The largest absolute Gasteiger partial charge is 0.472 e. The summed E-state index contributed by atoms with van der Waals surface area (Å²) >= 11 is 0. The Morgan fingerprint density at radius 3 is 1.52 bits per heavy atom. The molecule has 0 aromatic rings. The van der Waals surface area contributed by atoms with Gasteiger partial charge in [-0.1, -0.05) is 164 Å². The molecular formula is C49H89NO7P+. The van der Waals surface area contributed by atoms with E-state index in [1.165, 1.54) is 96.3 Å². The second-order valence-corrected chi connectivity index (χ2v) is 17.9. The highest BCUT2D eigenvalue weighted by Gasteiger charge is 2.26. The van der Waals surface area contributed by atoms with E-state index >= 15 is 0 Å². The number of carbonyl (C=O) groups excluding carboxylic acids is 1. The number of carbonyl (C=O) groups is 1. The van der Waals surface area contributed by atoms with Crippen molar-refractivity contribution in [3.63, 3.8) is 0 Å². The Labute approximate surface area is 357 Å². The number of unbranched alkanes of at least 4 members (excludes halogenated alkanes) is 16. The summed E-state index contributed by atoms with van der Waals surface area (Å²) in [5.41, 5.74) is 0. The maximum atomic E-state index is 12.7. The normalized spacial score (nSPS) is 14.4. The van der Waals surface area contributed by atoms with Gasteiger partial charge in [-0.15, -0.1) is 0 Å². The Balaban J connectivity index is 4.31. The third kappa shape index (κ3) is 45.0. The average Bonchev–Trinajstić information content (AvgIpc) is 3.18. The molecule has 0 saturated heterocycles. The van der Waals surface area contributed by atoms with Crippen molar-refractivity contribution in [3.05, 3.63) is 72.9 Å². The summed E-state index contributed by atoms with van der Waals surface area (Å²) in [6, 6.07) is 0. The van der Waals surface area contributed by atoms with Crippen LogP contribution in [0.15, 0.2) is 72.9 Å². The molecular weight excluding hydrogens is 746 g/mol. The van der Waals surface area contributed by atoms with Gasteiger partial charge in [0.2, 0.25) is 0 Å². The van der Waals surface area contributed by atoms with Crippen LogP contribution < -0.4 is 0 Å². The molecule has 0 amide bonds. The van der Waals surface area contributed by atoms with E-state index in [1.807, 2.05) is 21.1 Å². The Hall–Kier alpha value is -2.06. The SMILES string of the molecule is CC/C=C\C/C=C\C/C=C\C/C=C\C/C=C\CCCC(=O)OC(COCCCCCCCCCC/C=C\CCCCCCCCC)COP(=O)(O)OCC[N+](C)(C)C. The number of ether oxygens (including phenoxy) is 2. The summed E-state index contributed by atoms with van der Waals surface area (Å²) in [6.07, 6.45) is 53.8. The number of likely N-dealkylation sites (N-methyl/N-ethyl adjacent to an activating group) is 1. The summed E-state index contributed by atoms with van der Waals surface area (Å²) in [4.78, 5) is 22.9. The topological polar surface area (TPSA) is 91.3 Å². The zero-order valence-electron chi connectivity index (χ0n) is 38.0. The second kappa shape index (κ2) is 41.7. The predicted octanol–water partition coefficient (Wildman–Crippen LogP) is 13.9. The molecule has 58 heavy (non-hydrogen) atoms. The molecule has 0 spiro atoms. The molecule has 0 aliphatic heterocycles. The second-order valence-electron chi connectivity index (χ2n) is 16.4. The van der Waals surface area contributed by atoms with Crippen LogP contribution in [0.5, 0.6) is 0 Å². The minimum Gasteiger partial charge on any atom is -0.457 e. The van der Waals surface area contributed by atoms with Crippen molar-refractivity contribution in [2.24, 2.45) is 0 Å². The highest BCUT2D eigenvalue weighted by molar-refractivity contribution is 7.47. The van der Waals surface area contributed by atoms with E-state index < -0.39 is 13.9 Å². The summed E-state index contributed by atoms with van der Waals surface area (Å²) in [5.74, 6) is -0.372. The molecule has 2 atom stereocenters. The lowest BCUT2D eigenvalue weighted by Gasteiger charge is -2.24. The molecule has 0 aromatic carbocycles. The van der Waals surface area contributed by atoms with Crippen LogP contribution in [0.3, 0.4) is 0 Å². The average molecular weight is 835 g/mol. The lowest BCUT2D eigenvalue weighted by Crippen LogP contribution is -2.37. The predicted molar refractivity (Wildman–Crippen MR) is 247 cm³/mol. The van der Waals surface area contributed by atoms with Crippen LogP contribution in [0.1, 0.15) is 174 Å². The fraction of sp³-hybridized carbons (Fsp3) is 0.735. The number of esters is 1. The van der Waals surface area contributed by atoms with E-state index in [9.17, 15) is 14.3 Å². The van der Waals surface area contributed by atoms with Crippen LogP contribution >= 0.6 is 7.82 Å². The molecule has 2 unspecified atom stereocenters. The number of nitrogens with zero attached hydrogens (tertiary/aromatic N) is 1. The van der Waals surface area contributed by atoms with Gasteiger partial charge < -0.3 is 18.9 Å². The fourth-order valence-electron chi connectivity index (χ4n) is 5.94. The third-order valence-corrected chi connectivity index (χ3v) is 10.5. The van der Waals surface area contributed by atoms with E-state index in [2.05, 4.69) is 86.8 Å². The number of hydrogen-bond donors (Lipinski definition) is 1. The molecule has 0 aromatic heterocycles. The van der Waals surface area contributed by atoms with Crippen molar-refractivity contribution in [1.29, 1.82) is 0 Å². The van der Waals surface area contributed by atoms with E-state index in [4.69, 9.17) is 18.5 Å². The highest BCUT2D eigenvalue weighted by atomic mass is 31.2. The number of rotatable bonds is 42. The Bertz CT molecular complexity index is 1150. The zero-order valence-corrected chi connectivity index (χ0v) is 38.9. The van der Waals surface area contributed by atoms with Gasteiger partial charge in [-0.2, -0.15) is 0 Å². The minimum atomic E-state index is -4.30. The quantitative estimate of drug-likeness (QED) is 0.0215. The van der Waals surface area contributed by atoms with Crippen LogP contribution in [0.2, 0.25) is 0 Å². The molecule has 0 radical (unpaired) electrons. The Morgan fingerprint density at radius 1 is 0.552 bits per heavy atom. The van der Waals surface area contributed by atoms with Gasteiger partial charge in [-0.05, 0) is 77.0 Å². The van der Waals surface area contributed by atoms with Gasteiger partial charge in [0.05, 0.1) is 34.4 Å². The molecule has 336 valence electrons. The molecule has 0 saturated carbocycles. The number of phosphoric ester groups is 1. The molecule has 0 aliphatic carbocycles. The Kier molecular flexibility index (Phi) is 40.2. The molecule has 0 heterocycles. The van der Waals surface area contributed by atoms with E-state index in [0.29, 0.717) is 24.1 Å². The van der Waals surface area contributed by atoms with Gasteiger partial charge >= 0.3 is 13.8 Å². The summed E-state index contributed by atoms with van der Waals surface area (Å²) < 4.78 is 35.0. The first-order chi connectivity index (χ1) is 28.1. The maximum absolute atomic E-state index is 12.7. The van der Waals surface area contributed by atoms with E-state index in [-0.39, 0.29) is 32.2 Å². The van der Waals surface area contributed by atoms with Crippen molar-refractivity contribution in [2.45, 2.75) is 180 Å². The van der Waals surface area contributed by atoms with Crippen LogP contribution in [-0.2, 0) is 27.9 Å². The van der Waals surface area contributed by atoms with Crippen LogP contribution in [0, 0.1) is 0 Å². The third-order valence-electron chi connectivity index (χ3n) is 9.50. The first-order valence-electron chi connectivity index (χ1n) is 23.2. The smallest absolute Gasteiger partial charge is 0.457 e. The van der Waals surface area contributed by atoms with Crippen molar-refractivity contribution in [2.75, 3.05) is 54.1 Å². The fourth-order valence-corrected chi connectivity index (χ4v) is 6.68. The van der Waals surface area contributed by atoms with Crippen molar-refractivity contribution in [1.82, 2.24) is 0 Å². The lowest BCUT2D eigenvalue weighted by atomic mass is 10.1. The van der Waals surface area contributed by atoms with Gasteiger partial charge in [-0.3, -0.25) is 13.8 Å². The Morgan fingerprint density at radius 2 is 1.00 bits per heavy atom. The summed E-state index contributed by atoms with van der Waals surface area (Å²) in [7, 11) is 1.62. The molecule has 0 fully saturated rings. The minimum absolute atomic E-state index is 0.0742. The maximum Gasteiger partial charge on any atom is 0.472 e. The molecule has 0 rings (SSSR count). The number of allylic oxidation sites excluding steroid dienone is 12. The monoisotopic (exact) mass is 835 g/mol. The lowest BCUT2D eigenvalue weighted by molar-refractivity contribution is -0.870. The van der Waals surface area contributed by atoms with Gasteiger partial charge in [0.15, 0.2) is 0 Å². The first-order valence-corrected chi connectivity index (χ1v) is 24.7. The van der Waals surface area contributed by atoms with Crippen molar-refractivity contribution in [3.8, 4) is 0 Å². The number of phosphoric acid groups is 1. The first kappa shape index (κ1) is 55.9. The zero-order chi connectivity index (χ0) is 42.7. The van der Waals surface area contributed by atoms with Crippen LogP contribution in [-0.4, -0.2) is 75.6 Å². The summed E-state index contributed by atoms with van der Waals surface area (Å²) in [6.45, 7) is 5.41. The molecule has 0 aliphatic rings. The van der Waals surface area contributed by atoms with Crippen LogP contribution in [0.4, 0.5) is 0 Å². The van der Waals surface area contributed by atoms with Crippen LogP contribution in [0.25, 0.3) is 0 Å². The molecule has 9 heteroatoms. The molecule has 8 nitrogen and oxygen atoms in total.